The summed E-state index contributed by atoms with van der Waals surface area (Å²) in [5.74, 6) is -1.94. The van der Waals surface area contributed by atoms with E-state index in [1.165, 1.54) is 19.2 Å². The van der Waals surface area contributed by atoms with Gasteiger partial charge in [-0.1, -0.05) is 6.92 Å². The molecule has 2 aromatic heterocycles. The Labute approximate surface area is 166 Å². The fraction of sp³-hybridized carbons (Fsp3) is 0.316. The van der Waals surface area contributed by atoms with Crippen LogP contribution in [-0.2, 0) is 22.1 Å². The third-order valence-corrected chi connectivity index (χ3v) is 5.10. The molecule has 0 spiro atoms. The number of esters is 1. The zero-order valence-electron chi connectivity index (χ0n) is 15.7. The number of thiazole rings is 1. The molecule has 2 heterocycles. The summed E-state index contributed by atoms with van der Waals surface area (Å²) in [7, 11) is 1.18. The van der Waals surface area contributed by atoms with E-state index in [4.69, 9.17) is 9.15 Å². The Bertz CT molecular complexity index is 1130. The maximum Gasteiger partial charge on any atom is 0.450 e. The minimum atomic E-state index is -4.90. The Balaban J connectivity index is 2.27. The summed E-state index contributed by atoms with van der Waals surface area (Å²) in [5, 5.41) is 1.47. The lowest BCUT2D eigenvalue weighted by Gasteiger charge is -2.14. The third-order valence-electron chi connectivity index (χ3n) is 4.12. The summed E-state index contributed by atoms with van der Waals surface area (Å²) in [6.45, 7) is 2.97. The standard InChI is InChI=1S/C19H16F3NO5S/c1-4-10-5-11-13(6-12(10)27-7-14(24)26-3)28-17(19(20,21)22)15(16(11)25)18-23-9(2)8-29-18/h5-6,8H,4,7H2,1-3H3. The van der Waals surface area contributed by atoms with Gasteiger partial charge in [0.2, 0.25) is 11.2 Å². The van der Waals surface area contributed by atoms with Gasteiger partial charge in [-0.05, 0) is 25.0 Å². The van der Waals surface area contributed by atoms with E-state index in [-0.39, 0.29) is 21.7 Å². The molecule has 0 amide bonds. The van der Waals surface area contributed by atoms with Gasteiger partial charge in [0.25, 0.3) is 0 Å². The molecule has 154 valence electrons. The molecule has 10 heteroatoms. The van der Waals surface area contributed by atoms with Crippen molar-refractivity contribution in [2.24, 2.45) is 0 Å². The number of hydrogen-bond donors (Lipinski definition) is 0. The van der Waals surface area contributed by atoms with E-state index in [2.05, 4.69) is 9.72 Å². The predicted molar refractivity (Wildman–Crippen MR) is 100 cm³/mol. The van der Waals surface area contributed by atoms with E-state index in [9.17, 15) is 22.8 Å². The van der Waals surface area contributed by atoms with Gasteiger partial charge in [0.15, 0.2) is 6.61 Å². The zero-order chi connectivity index (χ0) is 21.3. The Kier molecular flexibility index (Phi) is 5.65. The maximum atomic E-state index is 13.6. The molecule has 29 heavy (non-hydrogen) atoms. The average molecular weight is 427 g/mol. The number of carbonyl (C=O) groups is 1. The molecule has 0 saturated carbocycles. The van der Waals surface area contributed by atoms with Crippen LogP contribution >= 0.6 is 11.3 Å². The Morgan fingerprint density at radius 2 is 2.03 bits per heavy atom. The van der Waals surface area contributed by atoms with Crippen LogP contribution in [0.2, 0.25) is 0 Å². The highest BCUT2D eigenvalue weighted by Gasteiger charge is 2.40. The van der Waals surface area contributed by atoms with Gasteiger partial charge in [-0.15, -0.1) is 11.3 Å². The molecular formula is C19H16F3NO5S. The van der Waals surface area contributed by atoms with Crippen LogP contribution in [-0.4, -0.2) is 24.7 Å². The van der Waals surface area contributed by atoms with Crippen molar-refractivity contribution in [2.75, 3.05) is 13.7 Å². The van der Waals surface area contributed by atoms with Crippen LogP contribution < -0.4 is 10.2 Å². The minimum Gasteiger partial charge on any atom is -0.481 e. The van der Waals surface area contributed by atoms with Gasteiger partial charge < -0.3 is 13.9 Å². The van der Waals surface area contributed by atoms with E-state index in [1.807, 2.05) is 0 Å². The number of alkyl halides is 3. The number of aryl methyl sites for hydroxylation is 2. The van der Waals surface area contributed by atoms with E-state index < -0.39 is 35.5 Å². The molecule has 0 radical (unpaired) electrons. The molecular weight excluding hydrogens is 411 g/mol. The SMILES string of the molecule is CCc1cc2c(=O)c(-c3nc(C)cs3)c(C(F)(F)F)oc2cc1OCC(=O)OC. The highest BCUT2D eigenvalue weighted by Crippen LogP contribution is 2.39. The number of fused-ring (bicyclic) bond motifs is 1. The molecule has 3 aromatic rings. The van der Waals surface area contributed by atoms with Crippen LogP contribution in [0.3, 0.4) is 0 Å². The van der Waals surface area contributed by atoms with Crippen LogP contribution in [0.25, 0.3) is 21.5 Å². The molecule has 0 unspecified atom stereocenters. The quantitative estimate of drug-likeness (QED) is 0.563. The predicted octanol–water partition coefficient (Wildman–Crippen LogP) is 4.36. The van der Waals surface area contributed by atoms with Gasteiger partial charge in [-0.3, -0.25) is 4.79 Å². The summed E-state index contributed by atoms with van der Waals surface area (Å²) < 4.78 is 55.9. The Morgan fingerprint density at radius 3 is 2.59 bits per heavy atom. The summed E-state index contributed by atoms with van der Waals surface area (Å²) in [6, 6.07) is 2.60. The largest absolute Gasteiger partial charge is 0.481 e. The monoisotopic (exact) mass is 427 g/mol. The van der Waals surface area contributed by atoms with Crippen LogP contribution in [0.15, 0.2) is 26.7 Å². The molecule has 0 bridgehead atoms. The number of methoxy groups -OCH3 is 1. The zero-order valence-corrected chi connectivity index (χ0v) is 16.5. The van der Waals surface area contributed by atoms with Gasteiger partial charge in [-0.2, -0.15) is 13.2 Å². The van der Waals surface area contributed by atoms with Crippen LogP contribution in [0.1, 0.15) is 23.9 Å². The second-order valence-corrected chi connectivity index (χ2v) is 6.96. The lowest BCUT2D eigenvalue weighted by atomic mass is 10.0. The highest BCUT2D eigenvalue weighted by molar-refractivity contribution is 7.13. The molecule has 0 atom stereocenters. The summed E-state index contributed by atoms with van der Waals surface area (Å²) in [4.78, 5) is 28.3. The molecule has 0 fully saturated rings. The van der Waals surface area contributed by atoms with E-state index in [1.54, 1.807) is 19.2 Å². The number of benzene rings is 1. The second-order valence-electron chi connectivity index (χ2n) is 6.10. The van der Waals surface area contributed by atoms with Crippen molar-refractivity contribution in [3.05, 3.63) is 44.8 Å². The first kappa shape index (κ1) is 20.8. The second kappa shape index (κ2) is 7.86. The fourth-order valence-corrected chi connectivity index (χ4v) is 3.57. The number of ether oxygens (including phenoxy) is 2. The molecule has 0 aliphatic heterocycles. The fourth-order valence-electron chi connectivity index (χ4n) is 2.74. The first-order valence-electron chi connectivity index (χ1n) is 8.48. The summed E-state index contributed by atoms with van der Waals surface area (Å²) >= 11 is 0.935. The van der Waals surface area contributed by atoms with Crippen molar-refractivity contribution in [3.8, 4) is 16.3 Å². The smallest absolute Gasteiger partial charge is 0.450 e. The van der Waals surface area contributed by atoms with Gasteiger partial charge in [0.1, 0.15) is 21.9 Å². The number of aromatic nitrogens is 1. The normalized spacial score (nSPS) is 11.7. The first-order valence-corrected chi connectivity index (χ1v) is 9.36. The number of carbonyl (C=O) groups excluding carboxylic acids is 1. The lowest BCUT2D eigenvalue weighted by molar-refractivity contribution is -0.152. The van der Waals surface area contributed by atoms with E-state index >= 15 is 0 Å². The van der Waals surface area contributed by atoms with Gasteiger partial charge in [-0.25, -0.2) is 9.78 Å². The number of rotatable bonds is 5. The van der Waals surface area contributed by atoms with Gasteiger partial charge in [0.05, 0.1) is 12.5 Å². The van der Waals surface area contributed by atoms with Crippen LogP contribution in [0, 0.1) is 6.92 Å². The van der Waals surface area contributed by atoms with Crippen LogP contribution in [0.4, 0.5) is 13.2 Å². The summed E-state index contributed by atoms with van der Waals surface area (Å²) in [6.07, 6.45) is -4.49. The molecule has 0 N–H and O–H groups in total. The summed E-state index contributed by atoms with van der Waals surface area (Å²) in [5.41, 5.74) is -0.708. The van der Waals surface area contributed by atoms with Crippen molar-refractivity contribution in [1.82, 2.24) is 4.98 Å². The average Bonchev–Trinajstić information content (AvgIpc) is 3.10. The van der Waals surface area contributed by atoms with Crippen molar-refractivity contribution in [2.45, 2.75) is 26.4 Å². The van der Waals surface area contributed by atoms with Gasteiger partial charge >= 0.3 is 12.1 Å². The molecule has 0 saturated heterocycles. The van der Waals surface area contributed by atoms with Crippen molar-refractivity contribution < 1.29 is 31.9 Å². The minimum absolute atomic E-state index is 0.0249. The topological polar surface area (TPSA) is 78.6 Å². The number of halogens is 3. The van der Waals surface area contributed by atoms with Gasteiger partial charge in [0, 0.05) is 17.1 Å². The number of hydrogen-bond acceptors (Lipinski definition) is 7. The van der Waals surface area contributed by atoms with Crippen LogP contribution in [0.5, 0.6) is 5.75 Å². The number of nitrogens with zero attached hydrogens (tertiary/aromatic N) is 1. The van der Waals surface area contributed by atoms with Crippen molar-refractivity contribution in [1.29, 1.82) is 0 Å². The maximum absolute atomic E-state index is 13.6. The van der Waals surface area contributed by atoms with Crippen molar-refractivity contribution >= 4 is 28.3 Å². The first-order chi connectivity index (χ1) is 13.7. The molecule has 6 nitrogen and oxygen atoms in total. The molecule has 1 aromatic carbocycles. The lowest BCUT2D eigenvalue weighted by Crippen LogP contribution is -2.17. The van der Waals surface area contributed by atoms with E-state index in [0.717, 1.165) is 11.3 Å². The Morgan fingerprint density at radius 1 is 1.31 bits per heavy atom. The molecule has 0 aliphatic rings. The van der Waals surface area contributed by atoms with E-state index in [0.29, 0.717) is 17.7 Å². The third kappa shape index (κ3) is 4.12. The highest BCUT2D eigenvalue weighted by atomic mass is 32.1. The molecule has 0 aliphatic carbocycles. The molecule has 3 rings (SSSR count). The Hall–Kier alpha value is -2.88. The van der Waals surface area contributed by atoms with Crippen molar-refractivity contribution in [3.63, 3.8) is 0 Å².